The average molecular weight is 267 g/mol. The van der Waals surface area contributed by atoms with Crippen molar-refractivity contribution in [2.24, 2.45) is 15.9 Å². The van der Waals surface area contributed by atoms with E-state index in [4.69, 9.17) is 5.73 Å². The maximum atomic E-state index is 5.87. The minimum absolute atomic E-state index is 0.135. The quantitative estimate of drug-likeness (QED) is 0.925. The topological polar surface area (TPSA) is 68.6 Å². The second-order valence-corrected chi connectivity index (χ2v) is 4.78. The molecule has 20 heavy (non-hydrogen) atoms. The first-order valence-corrected chi connectivity index (χ1v) is 6.76. The molecule has 2 aromatic rings. The van der Waals surface area contributed by atoms with Gasteiger partial charge in [0.15, 0.2) is 0 Å². The van der Waals surface area contributed by atoms with E-state index in [9.17, 15) is 0 Å². The summed E-state index contributed by atoms with van der Waals surface area (Å²) in [5, 5.41) is 12.7. The van der Waals surface area contributed by atoms with E-state index >= 15 is 0 Å². The number of hydrogen-bond acceptors (Lipinski definition) is 4. The Kier molecular flexibility index (Phi) is 3.33. The van der Waals surface area contributed by atoms with Crippen molar-refractivity contribution in [2.45, 2.75) is 25.8 Å². The van der Waals surface area contributed by atoms with E-state index in [1.807, 2.05) is 28.9 Å². The Bertz CT molecular complexity index is 654. The summed E-state index contributed by atoms with van der Waals surface area (Å²) in [6.45, 7) is 2.87. The molecule has 1 aromatic carbocycles. The van der Waals surface area contributed by atoms with Crippen molar-refractivity contribution in [1.29, 1.82) is 0 Å². The summed E-state index contributed by atoms with van der Waals surface area (Å²) in [5.41, 5.74) is 9.02. The van der Waals surface area contributed by atoms with Crippen molar-refractivity contribution in [2.75, 3.05) is 0 Å². The summed E-state index contributed by atoms with van der Waals surface area (Å²) in [6.07, 6.45) is 2.49. The van der Waals surface area contributed by atoms with Crippen LogP contribution < -0.4 is 5.73 Å². The Morgan fingerprint density at radius 3 is 2.75 bits per heavy atom. The van der Waals surface area contributed by atoms with Crippen molar-refractivity contribution < 1.29 is 0 Å². The van der Waals surface area contributed by atoms with Gasteiger partial charge in [0, 0.05) is 25.1 Å². The standard InChI is InChI=1S/C15H17N5/c1-2-20-13(8-9-17-20)15-12(10-14(16)18-19-15)11-6-4-3-5-7-11/h3-9,12H,2,10H2,1H3,(H2,16,18). The molecular weight excluding hydrogens is 250 g/mol. The second kappa shape index (κ2) is 5.28. The van der Waals surface area contributed by atoms with E-state index in [1.165, 1.54) is 5.56 Å². The molecule has 1 aromatic heterocycles. The van der Waals surface area contributed by atoms with Gasteiger partial charge in [-0.25, -0.2) is 0 Å². The molecule has 0 radical (unpaired) electrons. The Labute approximate surface area is 117 Å². The Morgan fingerprint density at radius 2 is 2.00 bits per heavy atom. The number of nitrogens with two attached hydrogens (primary N) is 1. The fourth-order valence-electron chi connectivity index (χ4n) is 2.53. The highest BCUT2D eigenvalue weighted by Gasteiger charge is 2.26. The van der Waals surface area contributed by atoms with E-state index in [-0.39, 0.29) is 5.92 Å². The monoisotopic (exact) mass is 267 g/mol. The number of aromatic nitrogens is 2. The summed E-state index contributed by atoms with van der Waals surface area (Å²) in [7, 11) is 0. The lowest BCUT2D eigenvalue weighted by atomic mass is 9.88. The lowest BCUT2D eigenvalue weighted by Crippen LogP contribution is -2.27. The van der Waals surface area contributed by atoms with Crippen molar-refractivity contribution in [1.82, 2.24) is 9.78 Å². The predicted octanol–water partition coefficient (Wildman–Crippen LogP) is 2.15. The van der Waals surface area contributed by atoms with E-state index in [2.05, 4.69) is 34.4 Å². The van der Waals surface area contributed by atoms with Gasteiger partial charge in [-0.05, 0) is 18.6 Å². The normalized spacial score (nSPS) is 18.6. The molecular formula is C15H17N5. The Morgan fingerprint density at radius 1 is 1.20 bits per heavy atom. The van der Waals surface area contributed by atoms with Gasteiger partial charge in [-0.2, -0.15) is 10.2 Å². The van der Waals surface area contributed by atoms with Crippen LogP contribution in [-0.2, 0) is 6.54 Å². The third kappa shape index (κ3) is 2.22. The molecule has 5 heteroatoms. The molecule has 0 spiro atoms. The molecule has 3 rings (SSSR count). The van der Waals surface area contributed by atoms with Crippen LogP contribution in [0.5, 0.6) is 0 Å². The van der Waals surface area contributed by atoms with Crippen LogP contribution in [0, 0.1) is 0 Å². The average Bonchev–Trinajstić information content (AvgIpc) is 2.96. The zero-order valence-corrected chi connectivity index (χ0v) is 11.4. The number of rotatable bonds is 3. The molecule has 1 unspecified atom stereocenters. The molecule has 0 saturated carbocycles. The fourth-order valence-corrected chi connectivity index (χ4v) is 2.53. The summed E-state index contributed by atoms with van der Waals surface area (Å²) in [4.78, 5) is 0. The third-order valence-electron chi connectivity index (χ3n) is 3.51. The first-order valence-electron chi connectivity index (χ1n) is 6.76. The minimum atomic E-state index is 0.135. The van der Waals surface area contributed by atoms with Crippen LogP contribution in [0.15, 0.2) is 52.8 Å². The van der Waals surface area contributed by atoms with Crippen LogP contribution in [0.2, 0.25) is 0 Å². The first kappa shape index (κ1) is 12.6. The molecule has 1 aliphatic heterocycles. The van der Waals surface area contributed by atoms with Gasteiger partial charge < -0.3 is 5.73 Å². The van der Waals surface area contributed by atoms with Gasteiger partial charge in [0.2, 0.25) is 0 Å². The van der Waals surface area contributed by atoms with Crippen molar-refractivity contribution in [3.63, 3.8) is 0 Å². The van der Waals surface area contributed by atoms with E-state index < -0.39 is 0 Å². The van der Waals surface area contributed by atoms with Gasteiger partial charge >= 0.3 is 0 Å². The molecule has 1 aliphatic rings. The smallest absolute Gasteiger partial charge is 0.123 e. The maximum Gasteiger partial charge on any atom is 0.123 e. The van der Waals surface area contributed by atoms with Gasteiger partial charge in [0.1, 0.15) is 5.84 Å². The zero-order valence-electron chi connectivity index (χ0n) is 11.4. The number of amidine groups is 1. The van der Waals surface area contributed by atoms with Gasteiger partial charge in [-0.3, -0.25) is 4.68 Å². The van der Waals surface area contributed by atoms with Crippen molar-refractivity contribution in [3.8, 4) is 0 Å². The predicted molar refractivity (Wildman–Crippen MR) is 79.9 cm³/mol. The fraction of sp³-hybridized carbons (Fsp3) is 0.267. The Hall–Kier alpha value is -2.43. The van der Waals surface area contributed by atoms with Gasteiger partial charge in [0.05, 0.1) is 11.4 Å². The van der Waals surface area contributed by atoms with Gasteiger partial charge in [-0.15, -0.1) is 5.10 Å². The van der Waals surface area contributed by atoms with Crippen LogP contribution in [0.1, 0.15) is 30.5 Å². The molecule has 2 heterocycles. The van der Waals surface area contributed by atoms with E-state index in [0.29, 0.717) is 12.3 Å². The summed E-state index contributed by atoms with van der Waals surface area (Å²) >= 11 is 0. The molecule has 0 bridgehead atoms. The molecule has 1 atom stereocenters. The van der Waals surface area contributed by atoms with Crippen LogP contribution in [0.25, 0.3) is 0 Å². The number of nitrogens with zero attached hydrogens (tertiary/aromatic N) is 4. The first-order chi connectivity index (χ1) is 9.79. The van der Waals surface area contributed by atoms with Crippen molar-refractivity contribution in [3.05, 3.63) is 53.9 Å². The van der Waals surface area contributed by atoms with E-state index in [0.717, 1.165) is 18.0 Å². The van der Waals surface area contributed by atoms with Crippen LogP contribution in [0.3, 0.4) is 0 Å². The van der Waals surface area contributed by atoms with Crippen LogP contribution in [-0.4, -0.2) is 21.3 Å². The maximum absolute atomic E-state index is 5.87. The lowest BCUT2D eigenvalue weighted by molar-refractivity contribution is 0.649. The number of hydrogen-bond donors (Lipinski definition) is 1. The van der Waals surface area contributed by atoms with Crippen LogP contribution >= 0.6 is 0 Å². The van der Waals surface area contributed by atoms with E-state index in [1.54, 1.807) is 6.20 Å². The summed E-state index contributed by atoms with van der Waals surface area (Å²) < 4.78 is 1.94. The van der Waals surface area contributed by atoms with Crippen LogP contribution in [0.4, 0.5) is 0 Å². The Balaban J connectivity index is 2.06. The molecule has 0 fully saturated rings. The molecule has 5 nitrogen and oxygen atoms in total. The minimum Gasteiger partial charge on any atom is -0.386 e. The lowest BCUT2D eigenvalue weighted by Gasteiger charge is -2.22. The zero-order chi connectivity index (χ0) is 13.9. The highest BCUT2D eigenvalue weighted by molar-refractivity contribution is 6.07. The largest absolute Gasteiger partial charge is 0.386 e. The second-order valence-electron chi connectivity index (χ2n) is 4.78. The SMILES string of the molecule is CCn1nccc1C1=NN=C(N)CC1c1ccccc1. The number of benzene rings is 1. The molecule has 0 saturated heterocycles. The highest BCUT2D eigenvalue weighted by Crippen LogP contribution is 2.27. The van der Waals surface area contributed by atoms with Gasteiger partial charge in [-0.1, -0.05) is 30.3 Å². The molecule has 2 N–H and O–H groups in total. The molecule has 102 valence electrons. The number of aryl methyl sites for hydroxylation is 1. The highest BCUT2D eigenvalue weighted by atomic mass is 15.3. The molecule has 0 amide bonds. The van der Waals surface area contributed by atoms with Crippen molar-refractivity contribution >= 4 is 11.5 Å². The third-order valence-corrected chi connectivity index (χ3v) is 3.51. The summed E-state index contributed by atoms with van der Waals surface area (Å²) in [6, 6.07) is 12.3. The summed E-state index contributed by atoms with van der Waals surface area (Å²) in [5.74, 6) is 0.709. The molecule has 0 aliphatic carbocycles. The van der Waals surface area contributed by atoms with Gasteiger partial charge in [0.25, 0.3) is 0 Å².